The van der Waals surface area contributed by atoms with E-state index < -0.39 is 0 Å². The molecule has 0 bridgehead atoms. The van der Waals surface area contributed by atoms with Crippen LogP contribution in [0, 0.1) is 6.92 Å². The molecule has 60 valence electrons. The largest absolute Gasteiger partial charge is 0.478 e. The van der Waals surface area contributed by atoms with E-state index >= 15 is 0 Å². The van der Waals surface area contributed by atoms with E-state index in [2.05, 4.69) is 9.97 Å². The number of hydrogen-bond acceptors (Lipinski definition) is 3. The number of ether oxygens (including phenoxy) is 1. The Kier molecular flexibility index (Phi) is 2.65. The van der Waals surface area contributed by atoms with E-state index in [1.54, 1.807) is 6.20 Å². The maximum absolute atomic E-state index is 5.55. The molecular weight excluding hydrogens is 164 g/mol. The highest BCUT2D eigenvalue weighted by molar-refractivity contribution is 6.28. The third kappa shape index (κ3) is 2.05. The first-order chi connectivity index (χ1) is 5.24. The molecule has 4 heteroatoms. The Morgan fingerprint density at radius 2 is 2.36 bits per heavy atom. The van der Waals surface area contributed by atoms with Crippen molar-refractivity contribution >= 4 is 11.6 Å². The van der Waals surface area contributed by atoms with Gasteiger partial charge in [0, 0.05) is 11.8 Å². The molecule has 0 saturated heterocycles. The summed E-state index contributed by atoms with van der Waals surface area (Å²) in [5, 5.41) is 0.221. The summed E-state index contributed by atoms with van der Waals surface area (Å²) < 4.78 is 5.18. The molecule has 0 aliphatic carbocycles. The van der Waals surface area contributed by atoms with E-state index in [0.29, 0.717) is 12.5 Å². The van der Waals surface area contributed by atoms with E-state index in [-0.39, 0.29) is 5.28 Å². The fraction of sp³-hybridized carbons (Fsp3) is 0.429. The Balaban J connectivity index is 2.93. The van der Waals surface area contributed by atoms with Crippen LogP contribution in [0.4, 0.5) is 0 Å². The average molecular weight is 173 g/mol. The van der Waals surface area contributed by atoms with Crippen LogP contribution in [0.25, 0.3) is 0 Å². The minimum atomic E-state index is 0.221. The molecule has 0 aromatic carbocycles. The summed E-state index contributed by atoms with van der Waals surface area (Å²) in [4.78, 5) is 7.69. The zero-order chi connectivity index (χ0) is 8.27. The summed E-state index contributed by atoms with van der Waals surface area (Å²) >= 11 is 5.55. The van der Waals surface area contributed by atoms with Gasteiger partial charge in [-0.15, -0.1) is 0 Å². The number of aromatic nitrogens is 2. The Morgan fingerprint density at radius 1 is 1.64 bits per heavy atom. The Hall–Kier alpha value is -0.830. The Morgan fingerprint density at radius 3 is 3.00 bits per heavy atom. The van der Waals surface area contributed by atoms with Gasteiger partial charge in [-0.05, 0) is 25.4 Å². The molecule has 1 rings (SSSR count). The second-order valence-corrected chi connectivity index (χ2v) is 2.40. The first-order valence-electron chi connectivity index (χ1n) is 3.36. The summed E-state index contributed by atoms with van der Waals surface area (Å²) in [6.07, 6.45) is 1.64. The van der Waals surface area contributed by atoms with Gasteiger partial charge in [-0.25, -0.2) is 4.98 Å². The van der Waals surface area contributed by atoms with Crippen molar-refractivity contribution in [1.82, 2.24) is 9.97 Å². The molecule has 0 aliphatic rings. The number of aryl methyl sites for hydroxylation is 1. The van der Waals surface area contributed by atoms with Gasteiger partial charge < -0.3 is 4.74 Å². The fourth-order valence-corrected chi connectivity index (χ4v) is 0.815. The average Bonchev–Trinajstić information content (AvgIpc) is 1.98. The van der Waals surface area contributed by atoms with Crippen LogP contribution in [-0.4, -0.2) is 16.6 Å². The second kappa shape index (κ2) is 3.53. The molecular formula is C7H9ClN2O. The van der Waals surface area contributed by atoms with Gasteiger partial charge in [-0.3, -0.25) is 0 Å². The predicted octanol–water partition coefficient (Wildman–Crippen LogP) is 1.84. The number of hydrogen-bond donors (Lipinski definition) is 0. The molecule has 0 atom stereocenters. The molecule has 0 aliphatic heterocycles. The van der Waals surface area contributed by atoms with Crippen molar-refractivity contribution in [2.45, 2.75) is 13.8 Å². The third-order valence-corrected chi connectivity index (χ3v) is 1.36. The standard InChI is InChI=1S/C7H9ClN2O/c1-3-11-6-5(2)4-9-7(8)10-6/h4H,3H2,1-2H3. The SMILES string of the molecule is CCOc1nc(Cl)ncc1C. The smallest absolute Gasteiger partial charge is 0.225 e. The zero-order valence-corrected chi connectivity index (χ0v) is 7.22. The normalized spacial score (nSPS) is 9.73. The van der Waals surface area contributed by atoms with E-state index in [4.69, 9.17) is 16.3 Å². The molecule has 0 saturated carbocycles. The van der Waals surface area contributed by atoms with Crippen LogP contribution in [0.5, 0.6) is 5.88 Å². The molecule has 3 nitrogen and oxygen atoms in total. The van der Waals surface area contributed by atoms with Crippen molar-refractivity contribution in [3.05, 3.63) is 17.0 Å². The topological polar surface area (TPSA) is 35.0 Å². The van der Waals surface area contributed by atoms with Crippen molar-refractivity contribution in [3.63, 3.8) is 0 Å². The van der Waals surface area contributed by atoms with Crippen LogP contribution in [0.2, 0.25) is 5.28 Å². The predicted molar refractivity (Wildman–Crippen MR) is 42.9 cm³/mol. The summed E-state index contributed by atoms with van der Waals surface area (Å²) in [5.41, 5.74) is 0.899. The van der Waals surface area contributed by atoms with Crippen LogP contribution in [0.15, 0.2) is 6.20 Å². The lowest BCUT2D eigenvalue weighted by atomic mass is 10.4. The summed E-state index contributed by atoms with van der Waals surface area (Å²) in [5.74, 6) is 0.563. The lowest BCUT2D eigenvalue weighted by molar-refractivity contribution is 0.323. The Labute approximate surface area is 70.4 Å². The molecule has 11 heavy (non-hydrogen) atoms. The number of halogens is 1. The van der Waals surface area contributed by atoms with Crippen LogP contribution in [0.1, 0.15) is 12.5 Å². The van der Waals surface area contributed by atoms with Crippen molar-refractivity contribution in [2.75, 3.05) is 6.61 Å². The maximum atomic E-state index is 5.55. The highest BCUT2D eigenvalue weighted by atomic mass is 35.5. The minimum absolute atomic E-state index is 0.221. The van der Waals surface area contributed by atoms with Crippen molar-refractivity contribution in [2.24, 2.45) is 0 Å². The Bertz CT molecular complexity index is 252. The maximum Gasteiger partial charge on any atom is 0.225 e. The quantitative estimate of drug-likeness (QED) is 0.639. The second-order valence-electron chi connectivity index (χ2n) is 2.06. The van der Waals surface area contributed by atoms with Gasteiger partial charge in [0.05, 0.1) is 6.61 Å². The van der Waals surface area contributed by atoms with Gasteiger partial charge in [0.1, 0.15) is 0 Å². The van der Waals surface area contributed by atoms with Crippen LogP contribution < -0.4 is 4.74 Å². The van der Waals surface area contributed by atoms with Crippen LogP contribution in [-0.2, 0) is 0 Å². The molecule has 0 radical (unpaired) electrons. The van der Waals surface area contributed by atoms with Crippen LogP contribution >= 0.6 is 11.6 Å². The van der Waals surface area contributed by atoms with Gasteiger partial charge in [0.2, 0.25) is 11.2 Å². The highest BCUT2D eigenvalue weighted by Gasteiger charge is 2.01. The van der Waals surface area contributed by atoms with Crippen molar-refractivity contribution in [1.29, 1.82) is 0 Å². The minimum Gasteiger partial charge on any atom is -0.478 e. The summed E-state index contributed by atoms with van der Waals surface area (Å²) in [6.45, 7) is 4.37. The lowest BCUT2D eigenvalue weighted by Gasteiger charge is -2.03. The first kappa shape index (κ1) is 8.27. The monoisotopic (exact) mass is 172 g/mol. The van der Waals surface area contributed by atoms with E-state index in [1.165, 1.54) is 0 Å². The van der Waals surface area contributed by atoms with E-state index in [9.17, 15) is 0 Å². The molecule has 0 N–H and O–H groups in total. The lowest BCUT2D eigenvalue weighted by Crippen LogP contribution is -1.97. The van der Waals surface area contributed by atoms with Gasteiger partial charge in [0.25, 0.3) is 0 Å². The molecule has 0 spiro atoms. The fourth-order valence-electron chi connectivity index (χ4n) is 0.689. The molecule has 1 aromatic rings. The molecule has 1 heterocycles. The number of nitrogens with zero attached hydrogens (tertiary/aromatic N) is 2. The van der Waals surface area contributed by atoms with Crippen molar-refractivity contribution in [3.8, 4) is 5.88 Å². The first-order valence-corrected chi connectivity index (χ1v) is 3.73. The highest BCUT2D eigenvalue weighted by Crippen LogP contribution is 2.14. The third-order valence-electron chi connectivity index (χ3n) is 1.18. The van der Waals surface area contributed by atoms with Gasteiger partial charge in [-0.1, -0.05) is 0 Å². The summed E-state index contributed by atoms with van der Waals surface area (Å²) in [7, 11) is 0. The van der Waals surface area contributed by atoms with Crippen LogP contribution in [0.3, 0.4) is 0 Å². The summed E-state index contributed by atoms with van der Waals surface area (Å²) in [6, 6.07) is 0. The van der Waals surface area contributed by atoms with Gasteiger partial charge in [0.15, 0.2) is 0 Å². The molecule has 0 amide bonds. The van der Waals surface area contributed by atoms with Crippen molar-refractivity contribution < 1.29 is 4.74 Å². The molecule has 0 fully saturated rings. The molecule has 1 aromatic heterocycles. The van der Waals surface area contributed by atoms with Gasteiger partial charge in [-0.2, -0.15) is 4.98 Å². The zero-order valence-electron chi connectivity index (χ0n) is 6.47. The van der Waals surface area contributed by atoms with E-state index in [1.807, 2.05) is 13.8 Å². The van der Waals surface area contributed by atoms with E-state index in [0.717, 1.165) is 5.56 Å². The molecule has 0 unspecified atom stereocenters. The van der Waals surface area contributed by atoms with Gasteiger partial charge >= 0.3 is 0 Å². The number of rotatable bonds is 2.